The summed E-state index contributed by atoms with van der Waals surface area (Å²) in [7, 11) is 3.13. The van der Waals surface area contributed by atoms with Crippen molar-refractivity contribution < 1.29 is 19.0 Å². The highest BCUT2D eigenvalue weighted by molar-refractivity contribution is 9.10. The zero-order chi connectivity index (χ0) is 18.8. The quantitative estimate of drug-likeness (QED) is 0.752. The highest BCUT2D eigenvalue weighted by atomic mass is 79.9. The number of rotatable bonds is 4. The van der Waals surface area contributed by atoms with Crippen LogP contribution in [0.2, 0.25) is 0 Å². The van der Waals surface area contributed by atoms with Gasteiger partial charge in [0.05, 0.1) is 24.3 Å². The maximum absolute atomic E-state index is 12.2. The third-order valence-electron chi connectivity index (χ3n) is 4.11. The summed E-state index contributed by atoms with van der Waals surface area (Å²) in [6.45, 7) is 3.42. The van der Waals surface area contributed by atoms with Crippen molar-refractivity contribution in [1.29, 1.82) is 0 Å². The molecule has 1 aliphatic rings. The Morgan fingerprint density at radius 3 is 2.50 bits per heavy atom. The number of benzene rings is 2. The Morgan fingerprint density at radius 1 is 1.19 bits per heavy atom. The number of halogens is 1. The molecule has 1 aliphatic heterocycles. The first-order valence-corrected chi connectivity index (χ1v) is 8.78. The molecule has 6 nitrogen and oxygen atoms in total. The molecule has 0 saturated heterocycles. The predicted molar refractivity (Wildman–Crippen MR) is 101 cm³/mol. The molecule has 0 fully saturated rings. The lowest BCUT2D eigenvalue weighted by Gasteiger charge is -2.22. The lowest BCUT2D eigenvalue weighted by molar-refractivity contribution is -0.135. The Labute approximate surface area is 160 Å². The van der Waals surface area contributed by atoms with E-state index in [1.807, 2.05) is 37.3 Å². The fourth-order valence-corrected chi connectivity index (χ4v) is 3.29. The first kappa shape index (κ1) is 18.3. The van der Waals surface area contributed by atoms with Crippen LogP contribution in [0, 0.1) is 6.92 Å². The number of hydrazone groups is 1. The molecule has 1 amide bonds. The Balaban J connectivity index is 2.05. The van der Waals surface area contributed by atoms with Gasteiger partial charge in [0.15, 0.2) is 0 Å². The molecule has 0 radical (unpaired) electrons. The fraction of sp³-hybridized carbons (Fsp3) is 0.263. The minimum absolute atomic E-state index is 0.229. The van der Waals surface area contributed by atoms with Gasteiger partial charge in [0.2, 0.25) is 18.0 Å². The van der Waals surface area contributed by atoms with Crippen LogP contribution in [0.3, 0.4) is 0 Å². The predicted octanol–water partition coefficient (Wildman–Crippen LogP) is 4.01. The third kappa shape index (κ3) is 3.26. The van der Waals surface area contributed by atoms with Crippen molar-refractivity contribution in [1.82, 2.24) is 5.01 Å². The van der Waals surface area contributed by atoms with Crippen molar-refractivity contribution >= 4 is 27.7 Å². The largest absolute Gasteiger partial charge is 0.496 e. The molecule has 0 saturated carbocycles. The molecular formula is C19H19BrN2O4. The van der Waals surface area contributed by atoms with E-state index in [0.717, 1.165) is 15.6 Å². The van der Waals surface area contributed by atoms with Crippen LogP contribution >= 0.6 is 15.9 Å². The number of hydrogen-bond acceptors (Lipinski definition) is 5. The number of nitrogens with zero attached hydrogens (tertiary/aromatic N) is 2. The van der Waals surface area contributed by atoms with Gasteiger partial charge in [-0.1, -0.05) is 18.2 Å². The first-order valence-electron chi connectivity index (χ1n) is 7.98. The van der Waals surface area contributed by atoms with Gasteiger partial charge < -0.3 is 14.2 Å². The smallest absolute Gasteiger partial charge is 0.243 e. The molecule has 7 heteroatoms. The number of hydrogen-bond donors (Lipinski definition) is 0. The van der Waals surface area contributed by atoms with Gasteiger partial charge in [0.25, 0.3) is 0 Å². The maximum Gasteiger partial charge on any atom is 0.243 e. The second kappa shape index (κ2) is 7.37. The maximum atomic E-state index is 12.2. The minimum Gasteiger partial charge on any atom is -0.496 e. The molecule has 0 aromatic heterocycles. The van der Waals surface area contributed by atoms with Gasteiger partial charge in [-0.3, -0.25) is 4.79 Å². The molecule has 0 aliphatic carbocycles. The normalized spacial score (nSPS) is 16.1. The standard InChI is InChI=1S/C19H19BrN2O4/c1-11-7-5-6-8-13(11)18-21-22(12(2)23)19(26-18)14-9-15(20)17(25-4)10-16(14)24-3/h5-10,19H,1-4H3/t19-/m1/s1. The van der Waals surface area contributed by atoms with E-state index in [1.54, 1.807) is 20.3 Å². The van der Waals surface area contributed by atoms with Crippen molar-refractivity contribution in [3.8, 4) is 11.5 Å². The summed E-state index contributed by atoms with van der Waals surface area (Å²) in [5.74, 6) is 1.34. The third-order valence-corrected chi connectivity index (χ3v) is 4.73. The average molecular weight is 419 g/mol. The SMILES string of the molecule is COc1cc(OC)c([C@H]2OC(c3ccccc3C)=NN2C(C)=O)cc1Br. The zero-order valence-electron chi connectivity index (χ0n) is 14.9. The van der Waals surface area contributed by atoms with E-state index in [2.05, 4.69) is 21.0 Å². The van der Waals surface area contributed by atoms with Crippen LogP contribution in [0.4, 0.5) is 0 Å². The van der Waals surface area contributed by atoms with E-state index in [4.69, 9.17) is 14.2 Å². The van der Waals surface area contributed by atoms with Crippen molar-refractivity contribution in [2.75, 3.05) is 14.2 Å². The molecule has 0 spiro atoms. The van der Waals surface area contributed by atoms with Crippen LogP contribution in [0.5, 0.6) is 11.5 Å². The van der Waals surface area contributed by atoms with Gasteiger partial charge in [0, 0.05) is 18.6 Å². The highest BCUT2D eigenvalue weighted by Crippen LogP contribution is 2.40. The van der Waals surface area contributed by atoms with Gasteiger partial charge in [-0.05, 0) is 40.5 Å². The lowest BCUT2D eigenvalue weighted by Crippen LogP contribution is -2.25. The molecule has 3 rings (SSSR count). The van der Waals surface area contributed by atoms with E-state index >= 15 is 0 Å². The Bertz CT molecular complexity index is 882. The van der Waals surface area contributed by atoms with Gasteiger partial charge in [-0.15, -0.1) is 5.10 Å². The van der Waals surface area contributed by atoms with Crippen LogP contribution in [-0.4, -0.2) is 31.0 Å². The van der Waals surface area contributed by atoms with Crippen LogP contribution in [0.1, 0.15) is 29.8 Å². The van der Waals surface area contributed by atoms with Crippen LogP contribution in [-0.2, 0) is 9.53 Å². The van der Waals surface area contributed by atoms with E-state index in [-0.39, 0.29) is 5.91 Å². The summed E-state index contributed by atoms with van der Waals surface area (Å²) in [4.78, 5) is 12.2. The molecule has 136 valence electrons. The summed E-state index contributed by atoms with van der Waals surface area (Å²) in [6, 6.07) is 11.3. The first-order chi connectivity index (χ1) is 12.5. The highest BCUT2D eigenvalue weighted by Gasteiger charge is 2.36. The summed E-state index contributed by atoms with van der Waals surface area (Å²) in [5, 5.41) is 5.72. The summed E-state index contributed by atoms with van der Waals surface area (Å²) in [5.41, 5.74) is 2.52. The van der Waals surface area contributed by atoms with Gasteiger partial charge in [0.1, 0.15) is 11.5 Å². The molecule has 0 N–H and O–H groups in total. The fourth-order valence-electron chi connectivity index (χ4n) is 2.77. The number of carbonyl (C=O) groups is 1. The van der Waals surface area contributed by atoms with E-state index in [1.165, 1.54) is 11.9 Å². The van der Waals surface area contributed by atoms with Crippen molar-refractivity contribution in [3.63, 3.8) is 0 Å². The molecule has 1 heterocycles. The topological polar surface area (TPSA) is 60.4 Å². The number of carbonyl (C=O) groups excluding carboxylic acids is 1. The Hall–Kier alpha value is -2.54. The van der Waals surface area contributed by atoms with Crippen LogP contribution in [0.15, 0.2) is 46.0 Å². The second-order valence-electron chi connectivity index (χ2n) is 5.78. The van der Waals surface area contributed by atoms with Gasteiger partial charge >= 0.3 is 0 Å². The van der Waals surface area contributed by atoms with E-state index < -0.39 is 6.23 Å². The summed E-state index contributed by atoms with van der Waals surface area (Å²) >= 11 is 3.47. The van der Waals surface area contributed by atoms with Crippen molar-refractivity contribution in [2.24, 2.45) is 5.10 Å². The second-order valence-corrected chi connectivity index (χ2v) is 6.64. The summed E-state index contributed by atoms with van der Waals surface area (Å²) < 4.78 is 17.6. The molecular weight excluding hydrogens is 400 g/mol. The van der Waals surface area contributed by atoms with E-state index in [0.29, 0.717) is 23.0 Å². The van der Waals surface area contributed by atoms with Crippen molar-refractivity contribution in [3.05, 3.63) is 57.6 Å². The van der Waals surface area contributed by atoms with E-state index in [9.17, 15) is 4.79 Å². The molecule has 1 atom stereocenters. The van der Waals surface area contributed by atoms with Gasteiger partial charge in [-0.2, -0.15) is 5.01 Å². The molecule has 2 aromatic carbocycles. The van der Waals surface area contributed by atoms with Gasteiger partial charge in [-0.25, -0.2) is 0 Å². The van der Waals surface area contributed by atoms with Crippen LogP contribution < -0.4 is 9.47 Å². The average Bonchev–Trinajstić information content (AvgIpc) is 3.07. The number of methoxy groups -OCH3 is 2. The van der Waals surface area contributed by atoms with Crippen molar-refractivity contribution in [2.45, 2.75) is 20.1 Å². The molecule has 26 heavy (non-hydrogen) atoms. The summed E-state index contributed by atoms with van der Waals surface area (Å²) in [6.07, 6.45) is -0.723. The number of amides is 1. The lowest BCUT2D eigenvalue weighted by atomic mass is 10.1. The van der Waals surface area contributed by atoms with Crippen LogP contribution in [0.25, 0.3) is 0 Å². The molecule has 0 bridgehead atoms. The Kier molecular flexibility index (Phi) is 5.18. The minimum atomic E-state index is -0.723. The number of ether oxygens (including phenoxy) is 3. The Morgan fingerprint density at radius 2 is 1.88 bits per heavy atom. The number of aryl methyl sites for hydroxylation is 1. The molecule has 2 aromatic rings. The monoisotopic (exact) mass is 418 g/mol. The molecule has 0 unspecified atom stereocenters. The zero-order valence-corrected chi connectivity index (χ0v) is 16.5.